The number of rotatable bonds is 2. The number of imide groups is 1. The van der Waals surface area contributed by atoms with Gasteiger partial charge in [-0.25, -0.2) is 4.79 Å². The third-order valence-corrected chi connectivity index (χ3v) is 0.656. The molecule has 0 aromatic heterocycles. The Morgan fingerprint density at radius 3 is 2.20 bits per heavy atom. The number of hydrogen-bond acceptors (Lipinski definition) is 3. The van der Waals surface area contributed by atoms with Crippen LogP contribution in [0.3, 0.4) is 0 Å². The molecule has 0 aromatic carbocycles. The fourth-order valence-electron chi connectivity index (χ4n) is 0.390. The van der Waals surface area contributed by atoms with Crippen molar-refractivity contribution >= 4 is 17.8 Å². The number of hydrogen-bond donors (Lipinski definition) is 2. The predicted octanol–water partition coefficient (Wildman–Crippen LogP) is -0.240. The molecule has 0 aromatic rings. The van der Waals surface area contributed by atoms with E-state index < -0.39 is 12.0 Å². The lowest BCUT2D eigenvalue weighted by Crippen LogP contribution is -2.29. The fraction of sp³-hybridized carbons (Fsp3) is 0.400. The predicted molar refractivity (Wildman–Crippen MR) is 31.5 cm³/mol. The minimum absolute atomic E-state index is 0.362. The van der Waals surface area contributed by atoms with E-state index in [1.807, 2.05) is 0 Å². The van der Waals surface area contributed by atoms with Crippen molar-refractivity contribution in [1.82, 2.24) is 5.32 Å². The SMILES string of the molecule is CC(=O)CC(=O)NC(=O)O. The van der Waals surface area contributed by atoms with Gasteiger partial charge in [0.05, 0.1) is 6.42 Å². The Morgan fingerprint density at radius 1 is 1.40 bits per heavy atom. The van der Waals surface area contributed by atoms with E-state index in [4.69, 9.17) is 5.11 Å². The molecule has 0 atom stereocenters. The van der Waals surface area contributed by atoms with Crippen LogP contribution in [0.25, 0.3) is 0 Å². The average molecular weight is 145 g/mol. The normalized spacial score (nSPS) is 8.50. The van der Waals surface area contributed by atoms with Gasteiger partial charge in [-0.2, -0.15) is 0 Å². The van der Waals surface area contributed by atoms with Gasteiger partial charge in [0.15, 0.2) is 0 Å². The van der Waals surface area contributed by atoms with E-state index in [9.17, 15) is 14.4 Å². The average Bonchev–Trinajstić information content (AvgIpc) is 1.58. The molecule has 2 N–H and O–H groups in total. The summed E-state index contributed by atoms with van der Waals surface area (Å²) >= 11 is 0. The van der Waals surface area contributed by atoms with Crippen LogP contribution < -0.4 is 5.32 Å². The van der Waals surface area contributed by atoms with Crippen molar-refractivity contribution in [3.8, 4) is 0 Å². The summed E-state index contributed by atoms with van der Waals surface area (Å²) in [7, 11) is 0. The highest BCUT2D eigenvalue weighted by molar-refractivity contribution is 6.02. The molecule has 0 radical (unpaired) electrons. The Bertz CT molecular complexity index is 156. The van der Waals surface area contributed by atoms with Crippen molar-refractivity contribution in [2.75, 3.05) is 0 Å². The number of nitrogens with one attached hydrogen (secondary N) is 1. The molecule has 0 aliphatic carbocycles. The number of carbonyl (C=O) groups excluding carboxylic acids is 2. The Labute approximate surface area is 57.0 Å². The van der Waals surface area contributed by atoms with Gasteiger partial charge in [0, 0.05) is 0 Å². The molecule has 5 heteroatoms. The molecule has 10 heavy (non-hydrogen) atoms. The lowest BCUT2D eigenvalue weighted by atomic mass is 10.3. The molecule has 0 bridgehead atoms. The first-order valence-corrected chi connectivity index (χ1v) is 2.54. The number of amides is 2. The van der Waals surface area contributed by atoms with Crippen molar-refractivity contribution in [2.45, 2.75) is 13.3 Å². The molecule has 0 aliphatic heterocycles. The Morgan fingerprint density at radius 2 is 1.90 bits per heavy atom. The van der Waals surface area contributed by atoms with Gasteiger partial charge >= 0.3 is 6.09 Å². The summed E-state index contributed by atoms with van der Waals surface area (Å²) in [6.45, 7) is 1.21. The molecule has 0 heterocycles. The summed E-state index contributed by atoms with van der Waals surface area (Å²) in [5.41, 5.74) is 0. The monoisotopic (exact) mass is 145 g/mol. The molecule has 0 aliphatic rings. The molecule has 0 saturated heterocycles. The summed E-state index contributed by atoms with van der Waals surface area (Å²) in [4.78, 5) is 30.3. The zero-order valence-electron chi connectivity index (χ0n) is 5.38. The number of Topliss-reactive ketones (excluding diaryl/α,β-unsaturated/α-hetero) is 1. The standard InChI is InChI=1S/C5H7NO4/c1-3(7)2-4(8)6-5(9)10/h2H2,1H3,(H,6,8)(H,9,10). The molecular weight excluding hydrogens is 138 g/mol. The van der Waals surface area contributed by atoms with Gasteiger partial charge in [-0.15, -0.1) is 0 Å². The van der Waals surface area contributed by atoms with E-state index in [2.05, 4.69) is 0 Å². The molecule has 0 unspecified atom stereocenters. The number of ketones is 1. The molecule has 0 rings (SSSR count). The van der Waals surface area contributed by atoms with Crippen LogP contribution in [0.1, 0.15) is 13.3 Å². The van der Waals surface area contributed by atoms with E-state index in [1.54, 1.807) is 0 Å². The van der Waals surface area contributed by atoms with Crippen LogP contribution in [-0.2, 0) is 9.59 Å². The maximum atomic E-state index is 10.4. The minimum Gasteiger partial charge on any atom is -0.465 e. The molecule has 0 saturated carbocycles. The van der Waals surface area contributed by atoms with Gasteiger partial charge in [0.1, 0.15) is 5.78 Å². The Balaban J connectivity index is 3.65. The van der Waals surface area contributed by atoms with E-state index in [0.29, 0.717) is 0 Å². The molecule has 5 nitrogen and oxygen atoms in total. The zero-order valence-corrected chi connectivity index (χ0v) is 5.38. The van der Waals surface area contributed by atoms with Gasteiger partial charge in [-0.1, -0.05) is 0 Å². The first-order chi connectivity index (χ1) is 4.52. The highest BCUT2D eigenvalue weighted by atomic mass is 16.4. The second kappa shape index (κ2) is 3.60. The summed E-state index contributed by atoms with van der Waals surface area (Å²) in [6.07, 6.45) is -1.82. The van der Waals surface area contributed by atoms with Crippen LogP contribution in [0.15, 0.2) is 0 Å². The highest BCUT2D eigenvalue weighted by Gasteiger charge is 2.06. The van der Waals surface area contributed by atoms with Crippen molar-refractivity contribution in [3.05, 3.63) is 0 Å². The highest BCUT2D eigenvalue weighted by Crippen LogP contribution is 1.80. The second-order valence-electron chi connectivity index (χ2n) is 1.73. The minimum atomic E-state index is -1.44. The Hall–Kier alpha value is -1.39. The van der Waals surface area contributed by atoms with Crippen molar-refractivity contribution in [1.29, 1.82) is 0 Å². The van der Waals surface area contributed by atoms with E-state index in [-0.39, 0.29) is 12.2 Å². The van der Waals surface area contributed by atoms with Crippen LogP contribution >= 0.6 is 0 Å². The summed E-state index contributed by atoms with van der Waals surface area (Å²) in [5.74, 6) is -1.15. The van der Waals surface area contributed by atoms with Gasteiger partial charge < -0.3 is 5.11 Å². The third-order valence-electron chi connectivity index (χ3n) is 0.656. The maximum absolute atomic E-state index is 10.4. The molecule has 2 amide bonds. The number of carboxylic acid groups (broad SMARTS) is 1. The summed E-state index contributed by atoms with van der Waals surface area (Å²) < 4.78 is 0. The van der Waals surface area contributed by atoms with Gasteiger partial charge in [0.2, 0.25) is 5.91 Å². The summed E-state index contributed by atoms with van der Waals surface area (Å²) in [5, 5.41) is 9.48. The van der Waals surface area contributed by atoms with Gasteiger partial charge in [0.25, 0.3) is 0 Å². The van der Waals surface area contributed by atoms with Crippen molar-refractivity contribution < 1.29 is 19.5 Å². The lowest BCUT2D eigenvalue weighted by Gasteiger charge is -1.93. The van der Waals surface area contributed by atoms with Gasteiger partial charge in [-0.05, 0) is 6.92 Å². The van der Waals surface area contributed by atoms with Crippen LogP contribution in [0.2, 0.25) is 0 Å². The van der Waals surface area contributed by atoms with Gasteiger partial charge in [-0.3, -0.25) is 14.9 Å². The first-order valence-electron chi connectivity index (χ1n) is 2.54. The first kappa shape index (κ1) is 8.61. The molecule has 56 valence electrons. The third kappa shape index (κ3) is 4.76. The molecular formula is C5H7NO4. The topological polar surface area (TPSA) is 83.5 Å². The van der Waals surface area contributed by atoms with Crippen molar-refractivity contribution in [3.63, 3.8) is 0 Å². The van der Waals surface area contributed by atoms with Crippen LogP contribution in [0.4, 0.5) is 4.79 Å². The zero-order chi connectivity index (χ0) is 8.15. The van der Waals surface area contributed by atoms with Crippen LogP contribution in [0, 0.1) is 0 Å². The number of carbonyl (C=O) groups is 3. The fourth-order valence-corrected chi connectivity index (χ4v) is 0.390. The van der Waals surface area contributed by atoms with E-state index in [1.165, 1.54) is 12.2 Å². The summed E-state index contributed by atoms with van der Waals surface area (Å²) in [6, 6.07) is 0. The second-order valence-corrected chi connectivity index (χ2v) is 1.73. The smallest absolute Gasteiger partial charge is 0.411 e. The quantitative estimate of drug-likeness (QED) is 0.525. The van der Waals surface area contributed by atoms with Crippen molar-refractivity contribution in [2.24, 2.45) is 0 Å². The van der Waals surface area contributed by atoms with E-state index in [0.717, 1.165) is 0 Å². The maximum Gasteiger partial charge on any atom is 0.411 e. The van der Waals surface area contributed by atoms with Crippen LogP contribution in [0.5, 0.6) is 0 Å². The van der Waals surface area contributed by atoms with E-state index >= 15 is 0 Å². The molecule has 0 fully saturated rings. The lowest BCUT2D eigenvalue weighted by molar-refractivity contribution is -0.126. The largest absolute Gasteiger partial charge is 0.465 e. The molecule has 0 spiro atoms. The van der Waals surface area contributed by atoms with Crippen LogP contribution in [-0.4, -0.2) is 22.9 Å². The Kier molecular flexibility index (Phi) is 3.10.